The van der Waals surface area contributed by atoms with Crippen molar-refractivity contribution in [2.24, 2.45) is 5.92 Å². The van der Waals surface area contributed by atoms with Crippen LogP contribution in [-0.2, 0) is 19.7 Å². The Kier molecular flexibility index (Phi) is 6.80. The monoisotopic (exact) mass is 560 g/mol. The minimum Gasteiger partial charge on any atom is -0.393 e. The lowest BCUT2D eigenvalue weighted by Gasteiger charge is -2.46. The lowest BCUT2D eigenvalue weighted by Crippen LogP contribution is -2.61. The number of ketones is 1. The molecule has 3 fully saturated rings. The fourth-order valence-corrected chi connectivity index (χ4v) is 7.95. The van der Waals surface area contributed by atoms with Crippen LogP contribution in [0.2, 0.25) is 10.0 Å². The summed E-state index contributed by atoms with van der Waals surface area (Å²) in [5, 5.41) is 17.0. The number of carbonyl (C=O) groups excluding carboxylic acids is 2. The highest BCUT2D eigenvalue weighted by molar-refractivity contribution is 6.31. The summed E-state index contributed by atoms with van der Waals surface area (Å²) in [6, 6.07) is 9.27. The van der Waals surface area contributed by atoms with Gasteiger partial charge in [0.25, 0.3) is 0 Å². The van der Waals surface area contributed by atoms with Gasteiger partial charge >= 0.3 is 0 Å². The summed E-state index contributed by atoms with van der Waals surface area (Å²) < 4.78 is 21.6. The average Bonchev–Trinajstić information content (AvgIpc) is 3.35. The van der Waals surface area contributed by atoms with Gasteiger partial charge in [0.2, 0.25) is 5.91 Å². The quantitative estimate of drug-likeness (QED) is 0.482. The first-order chi connectivity index (χ1) is 18.3. The number of amides is 1. The van der Waals surface area contributed by atoms with E-state index in [-0.39, 0.29) is 34.3 Å². The molecule has 6 rings (SSSR count). The number of hydrogen-bond acceptors (Lipinski definition) is 5. The molecule has 2 saturated heterocycles. The molecule has 2 spiro atoms. The first-order valence-electron chi connectivity index (χ1n) is 13.4. The standard InChI is InChI=1S/C29H31Cl2FN2O4/c30-17-6-9-20-22(15-17)33-27(37)29(20)24(19-2-1-3-21(31)25(19)32)26(34-28(29)10-12-38-13-11-28)23(36)14-16-4-7-18(35)8-5-16/h1-3,6,9,15-16,18,24,26,34-35H,4-5,7-8,10-14H2,(H,33,37)/t16?,18?,24-,26-,29-/m0/s1. The summed E-state index contributed by atoms with van der Waals surface area (Å²) in [5.74, 6) is -1.62. The maximum Gasteiger partial charge on any atom is 0.237 e. The number of aliphatic hydroxyl groups excluding tert-OH is 1. The maximum atomic E-state index is 15.9. The van der Waals surface area contributed by atoms with Crippen LogP contribution in [-0.4, -0.2) is 47.7 Å². The van der Waals surface area contributed by atoms with E-state index >= 15 is 4.39 Å². The second-order valence-electron chi connectivity index (χ2n) is 11.2. The number of Topliss-reactive ketones (excluding diaryl/α,β-unsaturated/α-hetero) is 1. The number of aliphatic hydroxyl groups is 1. The first-order valence-corrected chi connectivity index (χ1v) is 14.1. The van der Waals surface area contributed by atoms with Crippen molar-refractivity contribution in [3.8, 4) is 0 Å². The van der Waals surface area contributed by atoms with Crippen LogP contribution >= 0.6 is 23.2 Å². The summed E-state index contributed by atoms with van der Waals surface area (Å²) in [7, 11) is 0. The first kappa shape index (κ1) is 26.2. The number of anilines is 1. The summed E-state index contributed by atoms with van der Waals surface area (Å²) in [5.41, 5.74) is -0.565. The van der Waals surface area contributed by atoms with Crippen molar-refractivity contribution < 1.29 is 23.8 Å². The molecular weight excluding hydrogens is 530 g/mol. The molecule has 3 N–H and O–H groups in total. The Hall–Kier alpha value is -2.03. The molecule has 1 aliphatic carbocycles. The molecule has 1 amide bonds. The Bertz CT molecular complexity index is 1280. The Balaban J connectivity index is 1.53. The van der Waals surface area contributed by atoms with Gasteiger partial charge in [0, 0.05) is 41.8 Å². The van der Waals surface area contributed by atoms with Gasteiger partial charge in [0.1, 0.15) is 11.2 Å². The molecule has 2 aromatic rings. The van der Waals surface area contributed by atoms with Crippen LogP contribution in [0.25, 0.3) is 0 Å². The molecule has 0 unspecified atom stereocenters. The molecule has 0 radical (unpaired) electrons. The molecule has 6 nitrogen and oxygen atoms in total. The summed E-state index contributed by atoms with van der Waals surface area (Å²) in [6.45, 7) is 0.828. The molecule has 3 atom stereocenters. The SMILES string of the molecule is O=C(CC1CCC(O)CC1)[C@@H]1NC2(CCOCC2)[C@]2(C(=O)Nc3cc(Cl)ccc32)[C@H]1c1cccc(Cl)c1F. The van der Waals surface area contributed by atoms with E-state index in [9.17, 15) is 14.7 Å². The minimum atomic E-state index is -1.27. The molecule has 202 valence electrons. The fourth-order valence-electron chi connectivity index (χ4n) is 7.59. The summed E-state index contributed by atoms with van der Waals surface area (Å²) in [6.07, 6.45) is 3.83. The molecule has 9 heteroatoms. The van der Waals surface area contributed by atoms with Crippen LogP contribution in [0.15, 0.2) is 36.4 Å². The van der Waals surface area contributed by atoms with Crippen LogP contribution in [0.1, 0.15) is 62.0 Å². The van der Waals surface area contributed by atoms with E-state index in [1.165, 1.54) is 6.07 Å². The Morgan fingerprint density at radius 1 is 1.11 bits per heavy atom. The molecule has 3 aliphatic heterocycles. The second kappa shape index (κ2) is 9.86. The number of halogens is 3. The van der Waals surface area contributed by atoms with Crippen molar-refractivity contribution in [1.29, 1.82) is 0 Å². The van der Waals surface area contributed by atoms with E-state index in [2.05, 4.69) is 10.6 Å². The van der Waals surface area contributed by atoms with Gasteiger partial charge in [-0.3, -0.25) is 14.9 Å². The molecule has 0 aromatic heterocycles. The number of fused-ring (bicyclic) bond motifs is 3. The van der Waals surface area contributed by atoms with Gasteiger partial charge < -0.3 is 15.2 Å². The van der Waals surface area contributed by atoms with E-state index in [0.29, 0.717) is 61.6 Å². The van der Waals surface area contributed by atoms with E-state index in [1.807, 2.05) is 6.07 Å². The van der Waals surface area contributed by atoms with Crippen LogP contribution in [0.4, 0.5) is 10.1 Å². The molecule has 38 heavy (non-hydrogen) atoms. The normalized spacial score (nSPS) is 31.9. The topological polar surface area (TPSA) is 87.7 Å². The third-order valence-corrected chi connectivity index (χ3v) is 9.84. The predicted octanol–water partition coefficient (Wildman–Crippen LogP) is 5.14. The number of ether oxygens (including phenoxy) is 1. The van der Waals surface area contributed by atoms with Crippen molar-refractivity contribution in [3.05, 3.63) is 63.4 Å². The van der Waals surface area contributed by atoms with Gasteiger partial charge in [-0.15, -0.1) is 0 Å². The van der Waals surface area contributed by atoms with Crippen molar-refractivity contribution in [2.75, 3.05) is 18.5 Å². The predicted molar refractivity (Wildman–Crippen MR) is 143 cm³/mol. The van der Waals surface area contributed by atoms with Crippen LogP contribution in [0.3, 0.4) is 0 Å². The summed E-state index contributed by atoms with van der Waals surface area (Å²) >= 11 is 12.6. The van der Waals surface area contributed by atoms with Gasteiger partial charge in [0.05, 0.1) is 17.2 Å². The lowest BCUT2D eigenvalue weighted by atomic mass is 9.56. The zero-order chi connectivity index (χ0) is 26.7. The summed E-state index contributed by atoms with van der Waals surface area (Å²) in [4.78, 5) is 28.4. The smallest absolute Gasteiger partial charge is 0.237 e. The number of carbonyl (C=O) groups is 2. The lowest BCUT2D eigenvalue weighted by molar-refractivity contribution is -0.125. The zero-order valence-electron chi connectivity index (χ0n) is 20.9. The van der Waals surface area contributed by atoms with Crippen LogP contribution in [0, 0.1) is 11.7 Å². The molecule has 2 aromatic carbocycles. The van der Waals surface area contributed by atoms with Gasteiger partial charge in [-0.25, -0.2) is 4.39 Å². The minimum absolute atomic E-state index is 0.0475. The third kappa shape index (κ3) is 3.93. The number of benzene rings is 2. The van der Waals surface area contributed by atoms with E-state index in [0.717, 1.165) is 12.8 Å². The second-order valence-corrected chi connectivity index (χ2v) is 12.1. The highest BCUT2D eigenvalue weighted by Gasteiger charge is 2.72. The van der Waals surface area contributed by atoms with E-state index in [4.69, 9.17) is 27.9 Å². The molecule has 3 heterocycles. The van der Waals surface area contributed by atoms with Crippen molar-refractivity contribution >= 4 is 40.6 Å². The maximum absolute atomic E-state index is 15.9. The van der Waals surface area contributed by atoms with Crippen LogP contribution in [0.5, 0.6) is 0 Å². The number of nitrogens with one attached hydrogen (secondary N) is 2. The Labute approximate surface area is 231 Å². The van der Waals surface area contributed by atoms with Gasteiger partial charge in [-0.1, -0.05) is 41.4 Å². The fraction of sp³-hybridized carbons (Fsp3) is 0.517. The van der Waals surface area contributed by atoms with Crippen molar-refractivity contribution in [2.45, 2.75) is 74.0 Å². The van der Waals surface area contributed by atoms with Crippen molar-refractivity contribution in [3.63, 3.8) is 0 Å². The molecule has 0 bridgehead atoms. The molecule has 4 aliphatic rings. The Morgan fingerprint density at radius 3 is 2.58 bits per heavy atom. The molecular formula is C29H31Cl2FN2O4. The number of rotatable bonds is 4. The number of hydrogen-bond donors (Lipinski definition) is 3. The third-order valence-electron chi connectivity index (χ3n) is 9.32. The van der Waals surface area contributed by atoms with Gasteiger partial charge in [0.15, 0.2) is 5.78 Å². The van der Waals surface area contributed by atoms with Crippen LogP contribution < -0.4 is 10.6 Å². The molecule has 1 saturated carbocycles. The van der Waals surface area contributed by atoms with Gasteiger partial charge in [-0.05, 0) is 73.8 Å². The highest BCUT2D eigenvalue weighted by Crippen LogP contribution is 2.62. The van der Waals surface area contributed by atoms with E-state index < -0.39 is 28.7 Å². The highest BCUT2D eigenvalue weighted by atomic mass is 35.5. The van der Waals surface area contributed by atoms with E-state index in [1.54, 1.807) is 24.3 Å². The largest absolute Gasteiger partial charge is 0.393 e. The average molecular weight is 561 g/mol. The van der Waals surface area contributed by atoms with Crippen molar-refractivity contribution in [1.82, 2.24) is 5.32 Å². The zero-order valence-corrected chi connectivity index (χ0v) is 22.5. The Morgan fingerprint density at radius 2 is 1.84 bits per heavy atom. The van der Waals surface area contributed by atoms with Gasteiger partial charge in [-0.2, -0.15) is 0 Å².